The molecule has 1 aliphatic heterocycles. The SMILES string of the molecule is COCCN(CCN(C)C)C(=O)N[C@H]1COc2c1ccc(C)c2C. The van der Waals surface area contributed by atoms with Crippen LogP contribution in [0.15, 0.2) is 12.1 Å². The van der Waals surface area contributed by atoms with Gasteiger partial charge in [0.15, 0.2) is 0 Å². The number of rotatable bonds is 7. The Labute approximate surface area is 144 Å². The van der Waals surface area contributed by atoms with E-state index in [-0.39, 0.29) is 12.1 Å². The summed E-state index contributed by atoms with van der Waals surface area (Å²) in [5, 5.41) is 3.10. The second-order valence-electron chi connectivity index (χ2n) is 6.52. The first-order chi connectivity index (χ1) is 11.4. The fourth-order valence-electron chi connectivity index (χ4n) is 2.73. The Kier molecular flexibility index (Phi) is 6.45. The van der Waals surface area contributed by atoms with Crippen LogP contribution in [0.4, 0.5) is 4.79 Å². The highest BCUT2D eigenvalue weighted by atomic mass is 16.5. The third-order valence-corrected chi connectivity index (χ3v) is 4.44. The van der Waals surface area contributed by atoms with E-state index in [0.717, 1.165) is 23.4 Å². The first-order valence-electron chi connectivity index (χ1n) is 8.36. The monoisotopic (exact) mass is 335 g/mol. The van der Waals surface area contributed by atoms with E-state index in [0.29, 0.717) is 26.3 Å². The maximum absolute atomic E-state index is 12.7. The zero-order chi connectivity index (χ0) is 17.7. The third kappa shape index (κ3) is 4.39. The molecular weight excluding hydrogens is 306 g/mol. The van der Waals surface area contributed by atoms with Crippen molar-refractivity contribution in [2.24, 2.45) is 0 Å². The van der Waals surface area contributed by atoms with E-state index >= 15 is 0 Å². The van der Waals surface area contributed by atoms with Crippen LogP contribution in [0.1, 0.15) is 22.7 Å². The summed E-state index contributed by atoms with van der Waals surface area (Å²) < 4.78 is 10.9. The lowest BCUT2D eigenvalue weighted by atomic mass is 10.0. The van der Waals surface area contributed by atoms with E-state index in [9.17, 15) is 4.79 Å². The number of methoxy groups -OCH3 is 1. The summed E-state index contributed by atoms with van der Waals surface area (Å²) in [6, 6.07) is 3.95. The second-order valence-corrected chi connectivity index (χ2v) is 6.52. The van der Waals surface area contributed by atoms with Gasteiger partial charge in [0.25, 0.3) is 0 Å². The molecule has 0 bridgehead atoms. The largest absolute Gasteiger partial charge is 0.490 e. The van der Waals surface area contributed by atoms with Gasteiger partial charge in [-0.05, 0) is 39.1 Å². The molecule has 1 aliphatic rings. The number of fused-ring (bicyclic) bond motifs is 1. The number of amides is 2. The van der Waals surface area contributed by atoms with Crippen molar-refractivity contribution in [1.82, 2.24) is 15.1 Å². The number of carbonyl (C=O) groups is 1. The molecule has 6 heteroatoms. The molecule has 0 saturated carbocycles. The van der Waals surface area contributed by atoms with Gasteiger partial charge in [0.1, 0.15) is 12.4 Å². The van der Waals surface area contributed by atoms with Crippen LogP contribution in [0.3, 0.4) is 0 Å². The average molecular weight is 335 g/mol. The standard InChI is InChI=1S/C18H29N3O3/c1-13-6-7-15-16(12-24-17(15)14(13)2)19-18(22)21(10-11-23-5)9-8-20(3)4/h6-7,16H,8-12H2,1-5H3,(H,19,22)/t16-/m0/s1. The fraction of sp³-hybridized carbons (Fsp3) is 0.611. The van der Waals surface area contributed by atoms with Crippen molar-refractivity contribution in [3.63, 3.8) is 0 Å². The van der Waals surface area contributed by atoms with Crippen molar-refractivity contribution < 1.29 is 14.3 Å². The number of hydrogen-bond acceptors (Lipinski definition) is 4. The summed E-state index contributed by atoms with van der Waals surface area (Å²) in [6.07, 6.45) is 0. The van der Waals surface area contributed by atoms with Gasteiger partial charge in [-0.2, -0.15) is 0 Å². The third-order valence-electron chi connectivity index (χ3n) is 4.44. The lowest BCUT2D eigenvalue weighted by molar-refractivity contribution is 0.142. The number of benzene rings is 1. The van der Waals surface area contributed by atoms with E-state index < -0.39 is 0 Å². The smallest absolute Gasteiger partial charge is 0.318 e. The Morgan fingerprint density at radius 1 is 1.29 bits per heavy atom. The summed E-state index contributed by atoms with van der Waals surface area (Å²) in [4.78, 5) is 16.5. The highest BCUT2D eigenvalue weighted by Crippen LogP contribution is 2.36. The molecule has 0 unspecified atom stereocenters. The van der Waals surface area contributed by atoms with Crippen LogP contribution >= 0.6 is 0 Å². The van der Waals surface area contributed by atoms with Crippen molar-refractivity contribution in [3.05, 3.63) is 28.8 Å². The number of urea groups is 1. The normalized spacial score (nSPS) is 16.0. The Morgan fingerprint density at radius 2 is 2.04 bits per heavy atom. The van der Waals surface area contributed by atoms with Crippen LogP contribution < -0.4 is 10.1 Å². The van der Waals surface area contributed by atoms with E-state index in [1.807, 2.05) is 14.1 Å². The molecule has 0 fully saturated rings. The average Bonchev–Trinajstić information content (AvgIpc) is 2.94. The summed E-state index contributed by atoms with van der Waals surface area (Å²) in [5.41, 5.74) is 3.41. The molecule has 0 radical (unpaired) electrons. The molecule has 134 valence electrons. The van der Waals surface area contributed by atoms with Crippen LogP contribution in [-0.4, -0.2) is 69.9 Å². The number of ether oxygens (including phenoxy) is 2. The molecule has 0 spiro atoms. The molecule has 1 atom stereocenters. The lowest BCUT2D eigenvalue weighted by Crippen LogP contribution is -2.46. The maximum Gasteiger partial charge on any atom is 0.318 e. The quantitative estimate of drug-likeness (QED) is 0.828. The van der Waals surface area contributed by atoms with E-state index in [4.69, 9.17) is 9.47 Å². The molecule has 1 N–H and O–H groups in total. The minimum absolute atomic E-state index is 0.0754. The van der Waals surface area contributed by atoms with Gasteiger partial charge in [0.2, 0.25) is 0 Å². The van der Waals surface area contributed by atoms with E-state index in [1.54, 1.807) is 12.0 Å². The summed E-state index contributed by atoms with van der Waals surface area (Å²) >= 11 is 0. The van der Waals surface area contributed by atoms with Crippen molar-refractivity contribution in [3.8, 4) is 5.75 Å². The first-order valence-corrected chi connectivity index (χ1v) is 8.36. The van der Waals surface area contributed by atoms with Gasteiger partial charge in [0.05, 0.1) is 12.6 Å². The van der Waals surface area contributed by atoms with Gasteiger partial charge >= 0.3 is 6.03 Å². The van der Waals surface area contributed by atoms with Crippen LogP contribution in [-0.2, 0) is 4.74 Å². The van der Waals surface area contributed by atoms with Gasteiger partial charge in [-0.3, -0.25) is 0 Å². The molecule has 24 heavy (non-hydrogen) atoms. The number of likely N-dealkylation sites (N-methyl/N-ethyl adjacent to an activating group) is 1. The predicted molar refractivity (Wildman–Crippen MR) is 94.7 cm³/mol. The molecule has 2 amide bonds. The van der Waals surface area contributed by atoms with Crippen molar-refractivity contribution in [2.45, 2.75) is 19.9 Å². The van der Waals surface area contributed by atoms with Crippen LogP contribution in [0.25, 0.3) is 0 Å². The van der Waals surface area contributed by atoms with Crippen molar-refractivity contribution >= 4 is 6.03 Å². The molecule has 1 aromatic rings. The fourth-order valence-corrected chi connectivity index (χ4v) is 2.73. The molecule has 1 heterocycles. The Hall–Kier alpha value is -1.79. The van der Waals surface area contributed by atoms with E-state index in [1.165, 1.54) is 5.56 Å². The highest BCUT2D eigenvalue weighted by molar-refractivity contribution is 5.75. The maximum atomic E-state index is 12.7. The van der Waals surface area contributed by atoms with Crippen LogP contribution in [0, 0.1) is 13.8 Å². The topological polar surface area (TPSA) is 54.0 Å². The predicted octanol–water partition coefficient (Wildman–Crippen LogP) is 1.96. The second kappa shape index (κ2) is 8.35. The highest BCUT2D eigenvalue weighted by Gasteiger charge is 2.28. The number of carbonyl (C=O) groups excluding carboxylic acids is 1. The Balaban J connectivity index is 2.04. The van der Waals surface area contributed by atoms with Gasteiger partial charge in [-0.25, -0.2) is 4.79 Å². The minimum Gasteiger partial charge on any atom is -0.490 e. The van der Waals surface area contributed by atoms with Crippen LogP contribution in [0.2, 0.25) is 0 Å². The summed E-state index contributed by atoms with van der Waals surface area (Å²) in [6.45, 7) is 7.18. The minimum atomic E-state index is -0.101. The van der Waals surface area contributed by atoms with Gasteiger partial charge < -0.3 is 24.6 Å². The molecule has 2 rings (SSSR count). The Morgan fingerprint density at radius 3 is 2.71 bits per heavy atom. The Bertz CT molecular complexity index is 575. The lowest BCUT2D eigenvalue weighted by Gasteiger charge is -2.26. The van der Waals surface area contributed by atoms with Gasteiger partial charge in [-0.1, -0.05) is 12.1 Å². The number of aryl methyl sites for hydroxylation is 1. The first kappa shape index (κ1) is 18.5. The summed E-state index contributed by atoms with van der Waals surface area (Å²) in [7, 11) is 5.64. The zero-order valence-corrected chi connectivity index (χ0v) is 15.4. The van der Waals surface area contributed by atoms with Gasteiger partial charge in [-0.15, -0.1) is 0 Å². The van der Waals surface area contributed by atoms with Gasteiger partial charge in [0, 0.05) is 32.3 Å². The molecule has 1 aromatic carbocycles. The zero-order valence-electron chi connectivity index (χ0n) is 15.4. The molecule has 0 aromatic heterocycles. The number of nitrogens with zero attached hydrogens (tertiary/aromatic N) is 2. The summed E-state index contributed by atoms with van der Waals surface area (Å²) in [5.74, 6) is 0.914. The van der Waals surface area contributed by atoms with Crippen molar-refractivity contribution in [2.75, 3.05) is 54.1 Å². The molecular formula is C18H29N3O3. The molecule has 0 saturated heterocycles. The molecule has 0 aliphatic carbocycles. The number of nitrogens with one attached hydrogen (secondary N) is 1. The van der Waals surface area contributed by atoms with E-state index in [2.05, 4.69) is 36.2 Å². The van der Waals surface area contributed by atoms with Crippen molar-refractivity contribution in [1.29, 1.82) is 0 Å². The molecule has 6 nitrogen and oxygen atoms in total. The number of hydrogen-bond donors (Lipinski definition) is 1. The van der Waals surface area contributed by atoms with Crippen LogP contribution in [0.5, 0.6) is 5.75 Å².